The maximum absolute atomic E-state index is 5.57. The van der Waals surface area contributed by atoms with Crippen LogP contribution in [0.25, 0.3) is 10.9 Å². The molecule has 0 amide bonds. The SMILES string of the molecule is COc1ccc([C@@H](CNc2cc(C)nc3ccccc23)N2CCOCC2)cc1. The van der Waals surface area contributed by atoms with Crippen molar-refractivity contribution in [1.29, 1.82) is 0 Å². The highest BCUT2D eigenvalue weighted by atomic mass is 16.5. The van der Waals surface area contributed by atoms with E-state index in [4.69, 9.17) is 9.47 Å². The van der Waals surface area contributed by atoms with Crippen molar-refractivity contribution in [2.75, 3.05) is 45.3 Å². The Kier molecular flexibility index (Phi) is 5.74. The maximum Gasteiger partial charge on any atom is 0.118 e. The maximum atomic E-state index is 5.57. The first-order valence-electron chi connectivity index (χ1n) is 9.80. The Morgan fingerprint density at radius 1 is 1.11 bits per heavy atom. The molecule has 1 fully saturated rings. The van der Waals surface area contributed by atoms with Crippen molar-refractivity contribution >= 4 is 16.6 Å². The number of pyridine rings is 1. The van der Waals surface area contributed by atoms with Crippen LogP contribution in [0.15, 0.2) is 54.6 Å². The van der Waals surface area contributed by atoms with Gasteiger partial charge in [-0.15, -0.1) is 0 Å². The smallest absolute Gasteiger partial charge is 0.118 e. The van der Waals surface area contributed by atoms with Crippen LogP contribution in [-0.4, -0.2) is 49.8 Å². The zero-order valence-corrected chi connectivity index (χ0v) is 16.5. The predicted octanol–water partition coefficient (Wildman–Crippen LogP) is 4.04. The van der Waals surface area contributed by atoms with Gasteiger partial charge in [0.1, 0.15) is 5.75 Å². The Morgan fingerprint density at radius 3 is 2.61 bits per heavy atom. The molecule has 1 atom stereocenters. The number of hydrogen-bond donors (Lipinski definition) is 1. The van der Waals surface area contributed by atoms with Crippen molar-refractivity contribution in [3.05, 3.63) is 65.9 Å². The lowest BCUT2D eigenvalue weighted by atomic mass is 10.0. The Labute approximate surface area is 166 Å². The number of methoxy groups -OCH3 is 1. The third-order valence-electron chi connectivity index (χ3n) is 5.32. The van der Waals surface area contributed by atoms with Crippen LogP contribution >= 0.6 is 0 Å². The fraction of sp³-hybridized carbons (Fsp3) is 0.348. The fourth-order valence-electron chi connectivity index (χ4n) is 3.83. The van der Waals surface area contributed by atoms with Gasteiger partial charge < -0.3 is 14.8 Å². The van der Waals surface area contributed by atoms with Gasteiger partial charge in [-0.25, -0.2) is 0 Å². The van der Waals surface area contributed by atoms with Gasteiger partial charge in [0.15, 0.2) is 0 Å². The summed E-state index contributed by atoms with van der Waals surface area (Å²) in [5.74, 6) is 0.883. The van der Waals surface area contributed by atoms with Crippen LogP contribution in [-0.2, 0) is 4.74 Å². The quantitative estimate of drug-likeness (QED) is 0.703. The first kappa shape index (κ1) is 18.7. The molecule has 0 radical (unpaired) electrons. The lowest BCUT2D eigenvalue weighted by Crippen LogP contribution is -2.41. The molecule has 2 aromatic carbocycles. The van der Waals surface area contributed by atoms with Crippen LogP contribution in [0.4, 0.5) is 5.69 Å². The van der Waals surface area contributed by atoms with Gasteiger partial charge in [-0.1, -0.05) is 30.3 Å². The first-order valence-corrected chi connectivity index (χ1v) is 9.80. The second-order valence-corrected chi connectivity index (χ2v) is 7.15. The molecule has 1 aromatic heterocycles. The number of fused-ring (bicyclic) bond motifs is 1. The molecule has 4 rings (SSSR count). The summed E-state index contributed by atoms with van der Waals surface area (Å²) < 4.78 is 10.9. The minimum Gasteiger partial charge on any atom is -0.497 e. The summed E-state index contributed by atoms with van der Waals surface area (Å²) in [6.07, 6.45) is 0. The molecular formula is C23H27N3O2. The highest BCUT2D eigenvalue weighted by molar-refractivity contribution is 5.91. The van der Waals surface area contributed by atoms with E-state index in [2.05, 4.69) is 51.6 Å². The van der Waals surface area contributed by atoms with E-state index >= 15 is 0 Å². The molecular weight excluding hydrogens is 350 g/mol. The van der Waals surface area contributed by atoms with Crippen LogP contribution in [0.2, 0.25) is 0 Å². The van der Waals surface area contributed by atoms with E-state index in [9.17, 15) is 0 Å². The van der Waals surface area contributed by atoms with Gasteiger partial charge in [0.2, 0.25) is 0 Å². The van der Waals surface area contributed by atoms with Gasteiger partial charge >= 0.3 is 0 Å². The van der Waals surface area contributed by atoms with Gasteiger partial charge in [-0.05, 0) is 36.8 Å². The third-order valence-corrected chi connectivity index (χ3v) is 5.32. The van der Waals surface area contributed by atoms with E-state index in [0.29, 0.717) is 0 Å². The summed E-state index contributed by atoms with van der Waals surface area (Å²) in [6, 6.07) is 19.1. The lowest BCUT2D eigenvalue weighted by Gasteiger charge is -2.35. The summed E-state index contributed by atoms with van der Waals surface area (Å²) in [5.41, 5.74) is 4.46. The number of ether oxygens (including phenoxy) is 2. The molecule has 1 N–H and O–H groups in total. The van der Waals surface area contributed by atoms with Crippen LogP contribution in [0, 0.1) is 6.92 Å². The standard InChI is InChI=1S/C23H27N3O2/c1-17-15-22(20-5-3-4-6-21(20)25-17)24-16-23(26-11-13-28-14-12-26)18-7-9-19(27-2)10-8-18/h3-10,15,23H,11-14,16H2,1-2H3,(H,24,25)/t23-/m1/s1. The van der Waals surface area contributed by atoms with E-state index in [1.807, 2.05) is 25.1 Å². The number of benzene rings is 2. The largest absolute Gasteiger partial charge is 0.497 e. The summed E-state index contributed by atoms with van der Waals surface area (Å²) in [6.45, 7) is 6.30. The highest BCUT2D eigenvalue weighted by Gasteiger charge is 2.23. The summed E-state index contributed by atoms with van der Waals surface area (Å²) in [5, 5.41) is 4.86. The molecule has 0 spiro atoms. The molecule has 146 valence electrons. The van der Waals surface area contributed by atoms with Crippen molar-refractivity contribution in [2.45, 2.75) is 13.0 Å². The van der Waals surface area contributed by atoms with Crippen LogP contribution < -0.4 is 10.1 Å². The second-order valence-electron chi connectivity index (χ2n) is 7.15. The molecule has 0 bridgehead atoms. The number of para-hydroxylation sites is 1. The van der Waals surface area contributed by atoms with Crippen molar-refractivity contribution in [1.82, 2.24) is 9.88 Å². The fourth-order valence-corrected chi connectivity index (χ4v) is 3.83. The van der Waals surface area contributed by atoms with E-state index in [0.717, 1.165) is 60.9 Å². The zero-order chi connectivity index (χ0) is 19.3. The van der Waals surface area contributed by atoms with Crippen LogP contribution in [0.3, 0.4) is 0 Å². The normalized spacial score (nSPS) is 16.1. The molecule has 0 saturated carbocycles. The number of aromatic nitrogens is 1. The minimum absolute atomic E-state index is 0.266. The molecule has 3 aromatic rings. The van der Waals surface area contributed by atoms with Gasteiger partial charge in [0.25, 0.3) is 0 Å². The van der Waals surface area contributed by atoms with Crippen molar-refractivity contribution in [2.24, 2.45) is 0 Å². The van der Waals surface area contributed by atoms with E-state index in [1.165, 1.54) is 5.56 Å². The lowest BCUT2D eigenvalue weighted by molar-refractivity contribution is 0.0187. The number of nitrogens with zero attached hydrogens (tertiary/aromatic N) is 2. The second kappa shape index (κ2) is 8.59. The van der Waals surface area contributed by atoms with Crippen molar-refractivity contribution < 1.29 is 9.47 Å². The third kappa shape index (κ3) is 4.11. The molecule has 1 saturated heterocycles. The van der Waals surface area contributed by atoms with Crippen LogP contribution in [0.5, 0.6) is 5.75 Å². The Balaban J connectivity index is 1.60. The summed E-state index contributed by atoms with van der Waals surface area (Å²) >= 11 is 0. The molecule has 0 aliphatic carbocycles. The number of anilines is 1. The minimum atomic E-state index is 0.266. The van der Waals surface area contributed by atoms with Crippen molar-refractivity contribution in [3.63, 3.8) is 0 Å². The summed E-state index contributed by atoms with van der Waals surface area (Å²) in [4.78, 5) is 7.14. The Bertz CT molecular complexity index is 921. The number of rotatable bonds is 6. The van der Waals surface area contributed by atoms with Gasteiger partial charge in [-0.2, -0.15) is 0 Å². The molecule has 28 heavy (non-hydrogen) atoms. The van der Waals surface area contributed by atoms with Gasteiger partial charge in [0.05, 0.1) is 31.9 Å². The average Bonchev–Trinajstić information content (AvgIpc) is 2.75. The molecule has 5 heteroatoms. The molecule has 5 nitrogen and oxygen atoms in total. The first-order chi connectivity index (χ1) is 13.7. The highest BCUT2D eigenvalue weighted by Crippen LogP contribution is 2.27. The van der Waals surface area contributed by atoms with Gasteiger partial charge in [-0.3, -0.25) is 9.88 Å². The number of nitrogens with one attached hydrogen (secondary N) is 1. The van der Waals surface area contributed by atoms with Gasteiger partial charge in [0, 0.05) is 36.4 Å². The average molecular weight is 377 g/mol. The molecule has 2 heterocycles. The molecule has 0 unspecified atom stereocenters. The zero-order valence-electron chi connectivity index (χ0n) is 16.5. The van der Waals surface area contributed by atoms with E-state index in [1.54, 1.807) is 7.11 Å². The topological polar surface area (TPSA) is 46.6 Å². The number of aryl methyl sites for hydroxylation is 1. The Morgan fingerprint density at radius 2 is 1.86 bits per heavy atom. The number of morpholine rings is 1. The monoisotopic (exact) mass is 377 g/mol. The number of hydrogen-bond acceptors (Lipinski definition) is 5. The molecule has 1 aliphatic rings. The summed E-state index contributed by atoms with van der Waals surface area (Å²) in [7, 11) is 1.70. The van der Waals surface area contributed by atoms with Crippen molar-refractivity contribution in [3.8, 4) is 5.75 Å². The predicted molar refractivity (Wildman–Crippen MR) is 113 cm³/mol. The molecule has 1 aliphatic heterocycles. The Hall–Kier alpha value is -2.63. The van der Waals surface area contributed by atoms with Crippen LogP contribution in [0.1, 0.15) is 17.3 Å². The van der Waals surface area contributed by atoms with E-state index < -0.39 is 0 Å². The van der Waals surface area contributed by atoms with E-state index in [-0.39, 0.29) is 6.04 Å².